The van der Waals surface area contributed by atoms with Crippen LogP contribution in [0.15, 0.2) is 5.16 Å². The second-order valence-electron chi connectivity index (χ2n) is 4.10. The molecule has 1 aliphatic rings. The maximum atomic E-state index is 8.44. The van der Waals surface area contributed by atoms with E-state index in [2.05, 4.69) is 15.4 Å². The van der Waals surface area contributed by atoms with Crippen LogP contribution in [0.2, 0.25) is 0 Å². The van der Waals surface area contributed by atoms with E-state index in [0.29, 0.717) is 6.42 Å². The Labute approximate surface area is 101 Å². The fourth-order valence-electron chi connectivity index (χ4n) is 1.72. The summed E-state index contributed by atoms with van der Waals surface area (Å²) in [7, 11) is 0. The van der Waals surface area contributed by atoms with E-state index in [4.69, 9.17) is 10.9 Å². The average molecular weight is 246 g/mol. The number of nitrogens with two attached hydrogens (primary N) is 1. The molecule has 4 N–H and O–H groups in total. The van der Waals surface area contributed by atoms with Gasteiger partial charge in [0, 0.05) is 50.1 Å². The summed E-state index contributed by atoms with van der Waals surface area (Å²) in [6.07, 6.45) is 0.590. The lowest BCUT2D eigenvalue weighted by molar-refractivity contribution is 0.295. The number of nitrogens with zero attached hydrogens (tertiary/aromatic N) is 2. The molecule has 1 aliphatic heterocycles. The molecule has 1 saturated heterocycles. The van der Waals surface area contributed by atoms with Crippen molar-refractivity contribution in [2.75, 3.05) is 37.7 Å². The van der Waals surface area contributed by atoms with Crippen LogP contribution in [0, 0.1) is 0 Å². The molecule has 94 valence electrons. The summed E-state index contributed by atoms with van der Waals surface area (Å²) in [6.45, 7) is 6.48. The smallest absolute Gasteiger partial charge is 0.140 e. The number of oxime groups is 1. The molecule has 0 radical (unpaired) electrons. The third-order valence-corrected chi connectivity index (χ3v) is 3.61. The van der Waals surface area contributed by atoms with Gasteiger partial charge in [-0.15, -0.1) is 0 Å². The minimum Gasteiger partial charge on any atom is -0.409 e. The van der Waals surface area contributed by atoms with Crippen molar-refractivity contribution in [2.24, 2.45) is 10.9 Å². The van der Waals surface area contributed by atoms with Crippen molar-refractivity contribution in [3.8, 4) is 0 Å². The monoisotopic (exact) mass is 246 g/mol. The highest BCUT2D eigenvalue weighted by Crippen LogP contribution is 2.07. The topological polar surface area (TPSA) is 73.9 Å². The van der Waals surface area contributed by atoms with Gasteiger partial charge in [0.05, 0.1) is 0 Å². The molecule has 6 heteroatoms. The van der Waals surface area contributed by atoms with Crippen LogP contribution in [0.5, 0.6) is 0 Å². The second-order valence-corrected chi connectivity index (χ2v) is 5.33. The Kier molecular flexibility index (Phi) is 6.59. The Morgan fingerprint density at radius 3 is 2.88 bits per heavy atom. The summed E-state index contributed by atoms with van der Waals surface area (Å²) in [6, 6.07) is 0.259. The van der Waals surface area contributed by atoms with Gasteiger partial charge in [0.1, 0.15) is 5.84 Å². The van der Waals surface area contributed by atoms with Crippen LogP contribution in [0.3, 0.4) is 0 Å². The van der Waals surface area contributed by atoms with E-state index in [-0.39, 0.29) is 11.9 Å². The zero-order valence-electron chi connectivity index (χ0n) is 9.85. The van der Waals surface area contributed by atoms with Crippen molar-refractivity contribution >= 4 is 17.6 Å². The predicted molar refractivity (Wildman–Crippen MR) is 69.3 cm³/mol. The zero-order chi connectivity index (χ0) is 11.8. The number of nitrogens with one attached hydrogen (secondary N) is 1. The fraction of sp³-hybridized carbons (Fsp3) is 0.900. The summed E-state index contributed by atoms with van der Waals surface area (Å²) >= 11 is 2.03. The van der Waals surface area contributed by atoms with Crippen LogP contribution in [0.25, 0.3) is 0 Å². The molecule has 0 aromatic carbocycles. The maximum absolute atomic E-state index is 8.44. The quantitative estimate of drug-likeness (QED) is 0.269. The molecule has 1 fully saturated rings. The third kappa shape index (κ3) is 5.58. The average Bonchev–Trinajstić information content (AvgIpc) is 2.30. The normalized spacial score (nSPS) is 20.9. The van der Waals surface area contributed by atoms with E-state index in [0.717, 1.165) is 13.1 Å². The first kappa shape index (κ1) is 13.6. The van der Waals surface area contributed by atoms with Gasteiger partial charge in [-0.05, 0) is 6.92 Å². The van der Waals surface area contributed by atoms with E-state index in [1.165, 1.54) is 24.6 Å². The minimum absolute atomic E-state index is 0.259. The van der Waals surface area contributed by atoms with Crippen molar-refractivity contribution in [1.29, 1.82) is 0 Å². The van der Waals surface area contributed by atoms with E-state index in [9.17, 15) is 0 Å². The van der Waals surface area contributed by atoms with Crippen molar-refractivity contribution < 1.29 is 5.21 Å². The number of hydrogen-bond acceptors (Lipinski definition) is 5. The molecule has 0 bridgehead atoms. The number of amidine groups is 1. The van der Waals surface area contributed by atoms with Crippen molar-refractivity contribution in [1.82, 2.24) is 10.2 Å². The summed E-state index contributed by atoms with van der Waals surface area (Å²) in [5, 5.41) is 14.8. The van der Waals surface area contributed by atoms with Crippen LogP contribution in [0.4, 0.5) is 0 Å². The van der Waals surface area contributed by atoms with E-state index in [1.807, 2.05) is 18.7 Å². The molecule has 0 aromatic heterocycles. The third-order valence-electron chi connectivity index (χ3n) is 2.67. The van der Waals surface area contributed by atoms with E-state index < -0.39 is 0 Å². The summed E-state index contributed by atoms with van der Waals surface area (Å²) in [5.41, 5.74) is 5.44. The molecule has 0 aromatic rings. The van der Waals surface area contributed by atoms with Crippen molar-refractivity contribution in [2.45, 2.75) is 19.4 Å². The Morgan fingerprint density at radius 2 is 2.25 bits per heavy atom. The molecular formula is C10H22N4OS. The minimum atomic E-state index is 0.259. The summed E-state index contributed by atoms with van der Waals surface area (Å²) in [4.78, 5) is 2.47. The molecule has 1 unspecified atom stereocenters. The van der Waals surface area contributed by atoms with Crippen molar-refractivity contribution in [3.05, 3.63) is 0 Å². The molecule has 1 atom stereocenters. The zero-order valence-corrected chi connectivity index (χ0v) is 10.7. The molecule has 1 heterocycles. The summed E-state index contributed by atoms with van der Waals surface area (Å²) in [5.74, 6) is 2.79. The first-order valence-corrected chi connectivity index (χ1v) is 6.87. The molecule has 0 aliphatic carbocycles. The van der Waals surface area contributed by atoms with Crippen molar-refractivity contribution in [3.63, 3.8) is 0 Å². The van der Waals surface area contributed by atoms with Gasteiger partial charge in [0.25, 0.3) is 0 Å². The highest BCUT2D eigenvalue weighted by Gasteiger charge is 2.10. The van der Waals surface area contributed by atoms with Gasteiger partial charge in [0.2, 0.25) is 0 Å². The lowest BCUT2D eigenvalue weighted by Gasteiger charge is -2.26. The Bertz CT molecular complexity index is 219. The molecule has 1 rings (SSSR count). The molecular weight excluding hydrogens is 224 g/mol. The number of thioether (sulfide) groups is 1. The van der Waals surface area contributed by atoms with Crippen LogP contribution < -0.4 is 11.1 Å². The van der Waals surface area contributed by atoms with Gasteiger partial charge >= 0.3 is 0 Å². The Balaban J connectivity index is 2.05. The second kappa shape index (κ2) is 7.76. The highest BCUT2D eigenvalue weighted by molar-refractivity contribution is 7.99. The largest absolute Gasteiger partial charge is 0.409 e. The molecule has 5 nitrogen and oxygen atoms in total. The number of rotatable bonds is 6. The van der Waals surface area contributed by atoms with Gasteiger partial charge < -0.3 is 21.2 Å². The molecule has 0 spiro atoms. The van der Waals surface area contributed by atoms with Gasteiger partial charge in [-0.25, -0.2) is 0 Å². The van der Waals surface area contributed by atoms with Crippen LogP contribution in [-0.4, -0.2) is 59.7 Å². The van der Waals surface area contributed by atoms with Crippen LogP contribution >= 0.6 is 11.8 Å². The van der Waals surface area contributed by atoms with E-state index >= 15 is 0 Å². The summed E-state index contributed by atoms with van der Waals surface area (Å²) < 4.78 is 0. The Hall–Kier alpha value is -0.460. The van der Waals surface area contributed by atoms with Crippen LogP contribution in [0.1, 0.15) is 13.3 Å². The predicted octanol–water partition coefficient (Wildman–Crippen LogP) is 0.150. The van der Waals surface area contributed by atoms with Gasteiger partial charge in [0.15, 0.2) is 0 Å². The SMILES string of the molecule is CC(CC(N)=NO)NCCN1CCSCC1. The maximum Gasteiger partial charge on any atom is 0.140 e. The molecule has 0 amide bonds. The van der Waals surface area contributed by atoms with Crippen LogP contribution in [-0.2, 0) is 0 Å². The van der Waals surface area contributed by atoms with Gasteiger partial charge in [-0.1, -0.05) is 5.16 Å². The van der Waals surface area contributed by atoms with Gasteiger partial charge in [-0.3, -0.25) is 0 Å². The van der Waals surface area contributed by atoms with E-state index in [1.54, 1.807) is 0 Å². The molecule has 0 saturated carbocycles. The highest BCUT2D eigenvalue weighted by atomic mass is 32.2. The number of hydrogen-bond donors (Lipinski definition) is 3. The van der Waals surface area contributed by atoms with Gasteiger partial charge in [-0.2, -0.15) is 11.8 Å². The lowest BCUT2D eigenvalue weighted by Crippen LogP contribution is -2.40. The first-order chi connectivity index (χ1) is 7.72. The first-order valence-electron chi connectivity index (χ1n) is 5.72. The Morgan fingerprint density at radius 1 is 1.56 bits per heavy atom. The fourth-order valence-corrected chi connectivity index (χ4v) is 2.70. The molecule has 16 heavy (non-hydrogen) atoms. The standard InChI is InChI=1S/C10H22N4OS/c1-9(8-10(11)13-15)12-2-3-14-4-6-16-7-5-14/h9,12,15H,2-8H2,1H3,(H2,11,13). The lowest BCUT2D eigenvalue weighted by atomic mass is 10.2.